The lowest BCUT2D eigenvalue weighted by Gasteiger charge is -2.32. The van der Waals surface area contributed by atoms with E-state index in [1.807, 2.05) is 0 Å². The Morgan fingerprint density at radius 3 is 2.20 bits per heavy atom. The second-order valence-corrected chi connectivity index (χ2v) is 8.57. The fraction of sp³-hybridized carbons (Fsp3) is 0.889. The van der Waals surface area contributed by atoms with Crippen LogP contribution >= 0.6 is 0 Å². The van der Waals surface area contributed by atoms with Crippen LogP contribution in [0.3, 0.4) is 0 Å². The van der Waals surface area contributed by atoms with Crippen LogP contribution in [-0.2, 0) is 0 Å². The Kier molecular flexibility index (Phi) is 2.96. The zero-order valence-electron chi connectivity index (χ0n) is 7.32. The molecule has 0 unspecified atom stereocenters. The largest absolute Gasteiger partial charge is 0.0678 e. The van der Waals surface area contributed by atoms with Crippen molar-refractivity contribution in [2.75, 3.05) is 0 Å². The lowest BCUT2D eigenvalue weighted by Crippen LogP contribution is -2.35. The highest BCUT2D eigenvalue weighted by atomic mass is 28.3. The Balaban J connectivity index is 2.44. The van der Waals surface area contributed by atoms with E-state index in [4.69, 9.17) is 0 Å². The maximum absolute atomic E-state index is 2.70. The van der Waals surface area contributed by atoms with Gasteiger partial charge in [0.15, 0.2) is 0 Å². The molecular weight excluding hydrogens is 136 g/mol. The summed E-state index contributed by atoms with van der Waals surface area (Å²) in [6.45, 7) is 4.77. The van der Waals surface area contributed by atoms with Crippen molar-refractivity contribution in [2.45, 2.75) is 51.2 Å². The van der Waals surface area contributed by atoms with Gasteiger partial charge in [0.05, 0.1) is 8.07 Å². The molecule has 1 saturated heterocycles. The number of rotatable bonds is 2. The lowest BCUT2D eigenvalue weighted by atomic mass is 10.3. The standard InChI is InChI=1S/C9H19Si/c1-3-10(4-2)8-6-5-7-9-10/h8H,3-7,9H2,1-2H3. The Morgan fingerprint density at radius 1 is 1.20 bits per heavy atom. The smallest absolute Gasteiger partial charge is 0.0561 e. The van der Waals surface area contributed by atoms with Gasteiger partial charge in [-0.2, -0.15) is 0 Å². The first-order valence-electron chi connectivity index (χ1n) is 4.67. The Labute approximate surface area is 66.0 Å². The van der Waals surface area contributed by atoms with E-state index < -0.39 is 8.07 Å². The van der Waals surface area contributed by atoms with Crippen molar-refractivity contribution in [1.82, 2.24) is 0 Å². The molecule has 1 aliphatic rings. The average Bonchev–Trinajstić information content (AvgIpc) is 2.06. The SMILES string of the molecule is CC[Si]1(CC)[CH]CCCC1. The predicted octanol–water partition coefficient (Wildman–Crippen LogP) is 3.40. The third-order valence-corrected chi connectivity index (χ3v) is 8.43. The monoisotopic (exact) mass is 155 g/mol. The van der Waals surface area contributed by atoms with E-state index in [0.29, 0.717) is 0 Å². The second kappa shape index (κ2) is 3.56. The van der Waals surface area contributed by atoms with E-state index in [-0.39, 0.29) is 0 Å². The first-order valence-corrected chi connectivity index (χ1v) is 7.37. The van der Waals surface area contributed by atoms with Crippen molar-refractivity contribution in [2.24, 2.45) is 0 Å². The molecule has 1 radical (unpaired) electrons. The summed E-state index contributed by atoms with van der Waals surface area (Å²) in [5.41, 5.74) is 0. The minimum absolute atomic E-state index is 0.756. The first-order chi connectivity index (χ1) is 4.83. The summed E-state index contributed by atoms with van der Waals surface area (Å²) in [6.07, 6.45) is 4.41. The molecule has 0 spiro atoms. The third kappa shape index (κ3) is 1.63. The van der Waals surface area contributed by atoms with Crippen LogP contribution in [0.15, 0.2) is 0 Å². The van der Waals surface area contributed by atoms with Crippen molar-refractivity contribution in [3.05, 3.63) is 6.04 Å². The van der Waals surface area contributed by atoms with Crippen molar-refractivity contribution in [1.29, 1.82) is 0 Å². The summed E-state index contributed by atoms with van der Waals surface area (Å²) >= 11 is 0. The molecule has 0 amide bonds. The molecular formula is C9H19Si. The first kappa shape index (κ1) is 8.31. The van der Waals surface area contributed by atoms with Gasteiger partial charge in [-0.3, -0.25) is 0 Å². The number of hydrogen-bond donors (Lipinski definition) is 0. The molecule has 59 valence electrons. The minimum Gasteiger partial charge on any atom is -0.0678 e. The molecule has 0 aliphatic carbocycles. The van der Waals surface area contributed by atoms with Crippen LogP contribution in [0.25, 0.3) is 0 Å². The normalized spacial score (nSPS) is 24.6. The van der Waals surface area contributed by atoms with Gasteiger partial charge in [0.2, 0.25) is 0 Å². The molecule has 1 heteroatoms. The topological polar surface area (TPSA) is 0 Å². The van der Waals surface area contributed by atoms with Gasteiger partial charge in [-0.15, -0.1) is 0 Å². The molecule has 10 heavy (non-hydrogen) atoms. The Hall–Kier alpha value is 0.217. The molecule has 0 aromatic carbocycles. The van der Waals surface area contributed by atoms with Crippen molar-refractivity contribution < 1.29 is 0 Å². The predicted molar refractivity (Wildman–Crippen MR) is 49.7 cm³/mol. The van der Waals surface area contributed by atoms with Gasteiger partial charge < -0.3 is 0 Å². The zero-order chi connectivity index (χ0) is 7.45. The molecule has 0 atom stereocenters. The summed E-state index contributed by atoms with van der Waals surface area (Å²) in [5, 5.41) is 0. The lowest BCUT2D eigenvalue weighted by molar-refractivity contribution is 0.747. The maximum Gasteiger partial charge on any atom is 0.0561 e. The molecule has 0 saturated carbocycles. The highest BCUT2D eigenvalue weighted by Crippen LogP contribution is 2.32. The van der Waals surface area contributed by atoms with E-state index in [9.17, 15) is 0 Å². The molecule has 1 aliphatic heterocycles. The summed E-state index contributed by atoms with van der Waals surface area (Å²) in [6, 6.07) is 7.27. The van der Waals surface area contributed by atoms with Crippen molar-refractivity contribution >= 4 is 8.07 Å². The zero-order valence-corrected chi connectivity index (χ0v) is 8.32. The van der Waals surface area contributed by atoms with Crippen LogP contribution in [0.2, 0.25) is 18.1 Å². The Morgan fingerprint density at radius 2 is 1.90 bits per heavy atom. The van der Waals surface area contributed by atoms with Crippen LogP contribution in [0.1, 0.15) is 33.1 Å². The van der Waals surface area contributed by atoms with Crippen LogP contribution in [0, 0.1) is 6.04 Å². The Bertz CT molecular complexity index is 86.9. The van der Waals surface area contributed by atoms with Gasteiger partial charge in [-0.05, 0) is 6.04 Å². The fourth-order valence-electron chi connectivity index (χ4n) is 2.02. The van der Waals surface area contributed by atoms with E-state index in [2.05, 4.69) is 19.9 Å². The summed E-state index contributed by atoms with van der Waals surface area (Å²) < 4.78 is 0. The molecule has 0 nitrogen and oxygen atoms in total. The average molecular weight is 155 g/mol. The molecule has 0 aromatic heterocycles. The van der Waals surface area contributed by atoms with Crippen LogP contribution < -0.4 is 0 Å². The summed E-state index contributed by atoms with van der Waals surface area (Å²) in [7, 11) is -0.756. The van der Waals surface area contributed by atoms with Crippen LogP contribution in [-0.4, -0.2) is 8.07 Å². The van der Waals surface area contributed by atoms with Gasteiger partial charge in [0.25, 0.3) is 0 Å². The van der Waals surface area contributed by atoms with E-state index in [0.717, 1.165) is 0 Å². The van der Waals surface area contributed by atoms with E-state index in [1.54, 1.807) is 6.04 Å². The van der Waals surface area contributed by atoms with Crippen LogP contribution in [0.5, 0.6) is 0 Å². The molecule has 1 fully saturated rings. The van der Waals surface area contributed by atoms with Gasteiger partial charge in [-0.25, -0.2) is 0 Å². The molecule has 1 heterocycles. The molecule has 0 N–H and O–H groups in total. The quantitative estimate of drug-likeness (QED) is 0.536. The summed E-state index contributed by atoms with van der Waals surface area (Å²) in [4.78, 5) is 0. The van der Waals surface area contributed by atoms with Crippen LogP contribution in [0.4, 0.5) is 0 Å². The molecule has 1 rings (SSSR count). The highest BCUT2D eigenvalue weighted by molar-refractivity contribution is 6.83. The highest BCUT2D eigenvalue weighted by Gasteiger charge is 2.30. The maximum atomic E-state index is 2.70. The number of hydrogen-bond acceptors (Lipinski definition) is 0. The summed E-state index contributed by atoms with van der Waals surface area (Å²) in [5.74, 6) is 0. The van der Waals surface area contributed by atoms with E-state index in [1.165, 1.54) is 31.4 Å². The van der Waals surface area contributed by atoms with Gasteiger partial charge in [0, 0.05) is 0 Å². The second-order valence-electron chi connectivity index (χ2n) is 3.52. The van der Waals surface area contributed by atoms with Crippen molar-refractivity contribution in [3.8, 4) is 0 Å². The van der Waals surface area contributed by atoms with Gasteiger partial charge >= 0.3 is 0 Å². The minimum atomic E-state index is -0.756. The third-order valence-electron chi connectivity index (χ3n) is 3.11. The van der Waals surface area contributed by atoms with Gasteiger partial charge in [0.1, 0.15) is 0 Å². The van der Waals surface area contributed by atoms with E-state index >= 15 is 0 Å². The fourth-order valence-corrected chi connectivity index (χ4v) is 5.78. The van der Waals surface area contributed by atoms with Crippen molar-refractivity contribution in [3.63, 3.8) is 0 Å². The molecule has 0 aromatic rings. The van der Waals surface area contributed by atoms with Gasteiger partial charge in [-0.1, -0.05) is 51.2 Å². The molecule has 0 bridgehead atoms.